The van der Waals surface area contributed by atoms with E-state index in [9.17, 15) is 28.9 Å². The third-order valence-electron chi connectivity index (χ3n) is 8.54. The van der Waals surface area contributed by atoms with E-state index in [1.807, 2.05) is 48.5 Å². The predicted octanol–water partition coefficient (Wildman–Crippen LogP) is 4.70. The Morgan fingerprint density at radius 1 is 0.881 bits per heavy atom. The van der Waals surface area contributed by atoms with Gasteiger partial charge in [-0.25, -0.2) is 14.7 Å². The summed E-state index contributed by atoms with van der Waals surface area (Å²) in [7, 11) is 0. The summed E-state index contributed by atoms with van der Waals surface area (Å²) in [6.45, 7) is 0. The topological polar surface area (TPSA) is 122 Å². The first-order valence-corrected chi connectivity index (χ1v) is 13.2. The fourth-order valence-corrected chi connectivity index (χ4v) is 6.95. The van der Waals surface area contributed by atoms with Crippen molar-refractivity contribution in [2.75, 3.05) is 4.90 Å². The lowest BCUT2D eigenvalue weighted by atomic mass is 9.47. The van der Waals surface area contributed by atoms with Crippen LogP contribution in [0.5, 0.6) is 0 Å². The van der Waals surface area contributed by atoms with E-state index < -0.39 is 51.6 Å². The normalized spacial score (nSPS) is 23.5. The quantitative estimate of drug-likeness (QED) is 0.164. The van der Waals surface area contributed by atoms with Gasteiger partial charge in [-0.05, 0) is 52.6 Å². The number of nitrogens with zero attached hydrogens (tertiary/aromatic N) is 3. The molecule has 2 bridgehead atoms. The van der Waals surface area contributed by atoms with E-state index in [-0.39, 0.29) is 16.9 Å². The lowest BCUT2D eigenvalue weighted by Crippen LogP contribution is -2.54. The van der Waals surface area contributed by atoms with Gasteiger partial charge in [0.05, 0.1) is 22.2 Å². The number of amides is 3. The third-order valence-corrected chi connectivity index (χ3v) is 8.54. The van der Waals surface area contributed by atoms with Crippen LogP contribution in [0.2, 0.25) is 0 Å². The van der Waals surface area contributed by atoms with E-state index >= 15 is 0 Å². The summed E-state index contributed by atoms with van der Waals surface area (Å²) in [5.74, 6) is -4.48. The number of anilines is 1. The number of hydrogen-bond donors (Lipinski definition) is 1. The highest BCUT2D eigenvalue weighted by Gasteiger charge is 2.68. The fourth-order valence-electron chi connectivity index (χ4n) is 6.95. The van der Waals surface area contributed by atoms with Crippen LogP contribution in [0.4, 0.5) is 15.8 Å². The van der Waals surface area contributed by atoms with E-state index in [0.717, 1.165) is 39.3 Å². The first-order chi connectivity index (χ1) is 20.3. The summed E-state index contributed by atoms with van der Waals surface area (Å²) >= 11 is 0. The van der Waals surface area contributed by atoms with Gasteiger partial charge in [0.15, 0.2) is 0 Å². The van der Waals surface area contributed by atoms with Gasteiger partial charge in [0.1, 0.15) is 11.5 Å². The molecule has 10 heteroatoms. The molecule has 4 aromatic carbocycles. The molecule has 1 N–H and O–H groups in total. The SMILES string of the molecule is O=C(N/N=C\C12c3ccccc3C(c3ccccc31)C1C(=O)N(c3ccccc3[N+](=O)[O-])C(=O)C12)c1ccc(F)cc1. The van der Waals surface area contributed by atoms with E-state index in [0.29, 0.717) is 0 Å². The molecule has 42 heavy (non-hydrogen) atoms. The minimum Gasteiger partial charge on any atom is -0.274 e. The number of nitro groups is 1. The average molecular weight is 561 g/mol. The van der Waals surface area contributed by atoms with Gasteiger partial charge in [-0.2, -0.15) is 5.10 Å². The van der Waals surface area contributed by atoms with Crippen LogP contribution < -0.4 is 10.3 Å². The molecular weight excluding hydrogens is 539 g/mol. The van der Waals surface area contributed by atoms with E-state index in [4.69, 9.17) is 0 Å². The van der Waals surface area contributed by atoms with Crippen molar-refractivity contribution in [3.8, 4) is 0 Å². The second kappa shape index (κ2) is 9.27. The Morgan fingerprint density at radius 3 is 2.12 bits per heavy atom. The number of carbonyl (C=O) groups excluding carboxylic acids is 3. The molecule has 4 aliphatic rings. The van der Waals surface area contributed by atoms with E-state index in [2.05, 4.69) is 10.5 Å². The number of carbonyl (C=O) groups is 3. The lowest BCUT2D eigenvalue weighted by Gasteiger charge is -2.52. The largest absolute Gasteiger partial charge is 0.293 e. The summed E-state index contributed by atoms with van der Waals surface area (Å²) in [6.07, 6.45) is 1.49. The lowest BCUT2D eigenvalue weighted by molar-refractivity contribution is -0.384. The Bertz CT molecular complexity index is 1810. The predicted molar refractivity (Wildman–Crippen MR) is 150 cm³/mol. The number of hydrazone groups is 1. The first-order valence-electron chi connectivity index (χ1n) is 13.2. The van der Waals surface area contributed by atoms with Crippen molar-refractivity contribution in [3.63, 3.8) is 0 Å². The molecule has 0 saturated carbocycles. The van der Waals surface area contributed by atoms with Crippen LogP contribution in [0.25, 0.3) is 0 Å². The molecule has 206 valence electrons. The minimum atomic E-state index is -1.27. The Balaban J connectivity index is 1.41. The van der Waals surface area contributed by atoms with Crippen molar-refractivity contribution in [2.24, 2.45) is 16.9 Å². The highest BCUT2D eigenvalue weighted by Crippen LogP contribution is 2.63. The monoisotopic (exact) mass is 560 g/mol. The number of imide groups is 1. The Hall–Kier alpha value is -5.51. The van der Waals surface area contributed by atoms with E-state index in [1.54, 1.807) is 6.07 Å². The summed E-state index contributed by atoms with van der Waals surface area (Å²) in [5, 5.41) is 16.2. The van der Waals surface area contributed by atoms with Crippen LogP contribution in [-0.2, 0) is 15.0 Å². The Kier molecular flexibility index (Phi) is 5.62. The number of rotatable bonds is 5. The maximum Gasteiger partial charge on any atom is 0.293 e. The van der Waals surface area contributed by atoms with Crippen molar-refractivity contribution < 1.29 is 23.7 Å². The molecule has 1 heterocycles. The van der Waals surface area contributed by atoms with Crippen LogP contribution in [0.3, 0.4) is 0 Å². The molecule has 3 aliphatic carbocycles. The van der Waals surface area contributed by atoms with Gasteiger partial charge in [-0.3, -0.25) is 24.5 Å². The highest BCUT2D eigenvalue weighted by molar-refractivity contribution is 6.25. The molecule has 1 fully saturated rings. The number of benzene rings is 4. The molecule has 0 radical (unpaired) electrons. The molecule has 0 spiro atoms. The zero-order chi connectivity index (χ0) is 29.2. The Morgan fingerprint density at radius 2 is 1.48 bits per heavy atom. The summed E-state index contributed by atoms with van der Waals surface area (Å²) in [5.41, 5.74) is 4.18. The molecule has 3 amide bonds. The van der Waals surface area contributed by atoms with Gasteiger partial charge in [0.25, 0.3) is 11.6 Å². The third kappa shape index (κ3) is 3.41. The maximum absolute atomic E-state index is 14.4. The summed E-state index contributed by atoms with van der Waals surface area (Å²) in [4.78, 5) is 53.6. The van der Waals surface area contributed by atoms with Crippen LogP contribution in [0, 0.1) is 27.8 Å². The zero-order valence-corrected chi connectivity index (χ0v) is 21.8. The van der Waals surface area contributed by atoms with Crippen molar-refractivity contribution in [1.82, 2.24) is 5.43 Å². The highest BCUT2D eigenvalue weighted by atomic mass is 19.1. The zero-order valence-electron chi connectivity index (χ0n) is 21.8. The number of nitro benzene ring substituents is 1. The first kappa shape index (κ1) is 25.5. The van der Waals surface area contributed by atoms with Gasteiger partial charge in [0, 0.05) is 23.8 Å². The van der Waals surface area contributed by atoms with Crippen molar-refractivity contribution >= 4 is 35.3 Å². The number of hydrogen-bond acceptors (Lipinski definition) is 6. The van der Waals surface area contributed by atoms with Gasteiger partial charge in [0.2, 0.25) is 11.8 Å². The number of para-hydroxylation sites is 2. The molecule has 8 rings (SSSR count). The minimum absolute atomic E-state index is 0.0869. The standard InChI is InChI=1S/C32H21FN4O5/c33-19-15-13-18(14-16-19)29(38)35-34-17-32-22-9-3-1-7-20(22)26(21-8-2-4-10-23(21)32)27-28(32)31(40)36(30(27)39)24-11-5-6-12-25(24)37(41)42/h1-17,26-28H,(H,35,38)/b34-17-. The molecule has 9 nitrogen and oxygen atoms in total. The molecule has 4 aromatic rings. The van der Waals surface area contributed by atoms with Crippen molar-refractivity contribution in [1.29, 1.82) is 0 Å². The maximum atomic E-state index is 14.4. The summed E-state index contributed by atoms with van der Waals surface area (Å²) < 4.78 is 13.4. The Labute approximate surface area is 238 Å². The molecule has 2 unspecified atom stereocenters. The number of nitrogens with one attached hydrogen (secondary N) is 1. The smallest absolute Gasteiger partial charge is 0.274 e. The molecule has 1 aliphatic heterocycles. The van der Waals surface area contributed by atoms with Crippen LogP contribution >= 0.6 is 0 Å². The van der Waals surface area contributed by atoms with Gasteiger partial charge >= 0.3 is 0 Å². The average Bonchev–Trinajstić information content (AvgIpc) is 3.28. The fraction of sp³-hybridized carbons (Fsp3) is 0.125. The molecule has 1 saturated heterocycles. The second-order valence-electron chi connectivity index (χ2n) is 10.5. The number of halogens is 1. The molecule has 0 aromatic heterocycles. The van der Waals surface area contributed by atoms with E-state index in [1.165, 1.54) is 36.5 Å². The van der Waals surface area contributed by atoms with Gasteiger partial charge < -0.3 is 0 Å². The second-order valence-corrected chi connectivity index (χ2v) is 10.5. The molecular formula is C32H21FN4O5. The van der Waals surface area contributed by atoms with Crippen molar-refractivity contribution in [3.05, 3.63) is 141 Å². The molecule has 2 atom stereocenters. The van der Waals surface area contributed by atoms with Crippen molar-refractivity contribution in [2.45, 2.75) is 11.3 Å². The van der Waals surface area contributed by atoms with Crippen LogP contribution in [0.1, 0.15) is 38.5 Å². The van der Waals surface area contributed by atoms with Crippen LogP contribution in [0.15, 0.2) is 102 Å². The summed E-state index contributed by atoms with van der Waals surface area (Å²) in [6, 6.07) is 25.7. The van der Waals surface area contributed by atoms with Gasteiger partial charge in [-0.1, -0.05) is 60.7 Å². The van der Waals surface area contributed by atoms with Gasteiger partial charge in [-0.15, -0.1) is 0 Å². The van der Waals surface area contributed by atoms with Crippen LogP contribution in [-0.4, -0.2) is 28.9 Å².